The number of hydrogen-bond donors (Lipinski definition) is 1. The molecule has 0 aliphatic carbocycles. The van der Waals surface area contributed by atoms with Crippen molar-refractivity contribution in [2.75, 3.05) is 13.7 Å². The van der Waals surface area contributed by atoms with E-state index in [4.69, 9.17) is 4.74 Å². The summed E-state index contributed by atoms with van der Waals surface area (Å²) in [6, 6.07) is 0. The first kappa shape index (κ1) is 13.5. The monoisotopic (exact) mass is 264 g/mol. The Morgan fingerprint density at radius 3 is 2.74 bits per heavy atom. The Bertz CT molecular complexity index is 544. The predicted octanol–water partition coefficient (Wildman–Crippen LogP) is 0.198. The number of aromatic nitrogens is 5. The highest BCUT2D eigenvalue weighted by Crippen LogP contribution is 2.20. The van der Waals surface area contributed by atoms with Crippen molar-refractivity contribution >= 4 is 0 Å². The molecule has 7 nitrogen and oxygen atoms in total. The third-order valence-electron chi connectivity index (χ3n) is 2.96. The fourth-order valence-corrected chi connectivity index (χ4v) is 2.05. The van der Waals surface area contributed by atoms with Crippen LogP contribution in [0.15, 0.2) is 6.33 Å². The van der Waals surface area contributed by atoms with E-state index in [1.165, 1.54) is 0 Å². The minimum absolute atomic E-state index is 0.732. The molecule has 0 spiro atoms. The zero-order chi connectivity index (χ0) is 13.8. The first-order chi connectivity index (χ1) is 9.11. The molecular weight excluding hydrogens is 244 g/mol. The highest BCUT2D eigenvalue weighted by molar-refractivity contribution is 5.30. The van der Waals surface area contributed by atoms with Gasteiger partial charge in [-0.05, 0) is 6.92 Å². The van der Waals surface area contributed by atoms with Crippen LogP contribution in [0, 0.1) is 6.92 Å². The molecule has 0 aliphatic heterocycles. The normalized spacial score (nSPS) is 10.9. The van der Waals surface area contributed by atoms with Crippen molar-refractivity contribution in [1.29, 1.82) is 0 Å². The van der Waals surface area contributed by atoms with Crippen molar-refractivity contribution in [3.63, 3.8) is 0 Å². The van der Waals surface area contributed by atoms with Gasteiger partial charge in [0.05, 0.1) is 18.4 Å². The molecule has 2 aromatic rings. The molecule has 0 bridgehead atoms. The maximum atomic E-state index is 5.35. The van der Waals surface area contributed by atoms with Crippen molar-refractivity contribution in [1.82, 2.24) is 29.9 Å². The summed E-state index contributed by atoms with van der Waals surface area (Å²) >= 11 is 0. The van der Waals surface area contributed by atoms with Gasteiger partial charge in [0, 0.05) is 33.6 Å². The average molecular weight is 264 g/mol. The zero-order valence-corrected chi connectivity index (χ0v) is 11.8. The molecule has 0 atom stereocenters. The first-order valence-corrected chi connectivity index (χ1v) is 6.23. The molecule has 0 saturated carbocycles. The number of aryl methyl sites for hydroxylation is 3. The summed E-state index contributed by atoms with van der Waals surface area (Å²) in [4.78, 5) is 4.19. The van der Waals surface area contributed by atoms with Crippen LogP contribution in [0.25, 0.3) is 0 Å². The molecule has 0 aromatic carbocycles. The minimum atomic E-state index is 0.732. The van der Waals surface area contributed by atoms with Gasteiger partial charge in [0.15, 0.2) is 5.82 Å². The lowest BCUT2D eigenvalue weighted by Crippen LogP contribution is -2.18. The molecule has 7 heteroatoms. The van der Waals surface area contributed by atoms with E-state index in [-0.39, 0.29) is 0 Å². The van der Waals surface area contributed by atoms with Gasteiger partial charge >= 0.3 is 0 Å². The summed E-state index contributed by atoms with van der Waals surface area (Å²) in [7, 11) is 5.42. The van der Waals surface area contributed by atoms with Gasteiger partial charge in [0.25, 0.3) is 0 Å². The summed E-state index contributed by atoms with van der Waals surface area (Å²) in [6.07, 6.45) is 2.52. The number of ether oxygens (including phenoxy) is 1. The zero-order valence-electron chi connectivity index (χ0n) is 11.8. The van der Waals surface area contributed by atoms with Crippen LogP contribution < -0.4 is 10.1 Å². The van der Waals surface area contributed by atoms with Gasteiger partial charge in [-0.25, -0.2) is 9.67 Å². The summed E-state index contributed by atoms with van der Waals surface area (Å²) in [6.45, 7) is 3.54. The molecule has 2 aromatic heterocycles. The van der Waals surface area contributed by atoms with Crippen molar-refractivity contribution in [2.24, 2.45) is 14.1 Å². The van der Waals surface area contributed by atoms with Crippen LogP contribution in [0.5, 0.6) is 5.88 Å². The lowest BCUT2D eigenvalue weighted by Gasteiger charge is -2.06. The van der Waals surface area contributed by atoms with E-state index < -0.39 is 0 Å². The highest BCUT2D eigenvalue weighted by atomic mass is 16.5. The lowest BCUT2D eigenvalue weighted by molar-refractivity contribution is 0.368. The number of rotatable bonds is 6. The second kappa shape index (κ2) is 5.83. The second-order valence-corrected chi connectivity index (χ2v) is 4.46. The standard InChI is InChI=1S/C12H20N6O/c1-9-10(12(19-4)18(3)15-9)7-13-6-5-11-14-8-17(2)16-11/h8,13H,5-7H2,1-4H3. The summed E-state index contributed by atoms with van der Waals surface area (Å²) in [5.74, 6) is 1.66. The summed E-state index contributed by atoms with van der Waals surface area (Å²) in [5, 5.41) is 11.9. The SMILES string of the molecule is COc1c(CNCCc2ncn(C)n2)c(C)nn1C. The van der Waals surface area contributed by atoms with Gasteiger partial charge in [-0.3, -0.25) is 4.68 Å². The van der Waals surface area contributed by atoms with E-state index >= 15 is 0 Å². The Hall–Kier alpha value is -1.89. The minimum Gasteiger partial charge on any atom is -0.481 e. The number of nitrogens with zero attached hydrogens (tertiary/aromatic N) is 5. The molecule has 2 heterocycles. The van der Waals surface area contributed by atoms with Crippen LogP contribution >= 0.6 is 0 Å². The van der Waals surface area contributed by atoms with E-state index in [0.717, 1.165) is 42.5 Å². The van der Waals surface area contributed by atoms with Crippen LogP contribution in [0.1, 0.15) is 17.1 Å². The van der Waals surface area contributed by atoms with E-state index in [2.05, 4.69) is 20.5 Å². The Balaban J connectivity index is 1.86. The molecule has 0 aliphatic rings. The lowest BCUT2D eigenvalue weighted by atomic mass is 10.2. The van der Waals surface area contributed by atoms with Crippen molar-refractivity contribution < 1.29 is 4.74 Å². The number of methoxy groups -OCH3 is 1. The van der Waals surface area contributed by atoms with E-state index in [9.17, 15) is 0 Å². The molecule has 0 fully saturated rings. The Kier molecular flexibility index (Phi) is 4.16. The van der Waals surface area contributed by atoms with Gasteiger partial charge in [0.1, 0.15) is 6.33 Å². The fraction of sp³-hybridized carbons (Fsp3) is 0.583. The van der Waals surface area contributed by atoms with Crippen LogP contribution in [0.4, 0.5) is 0 Å². The summed E-state index contributed by atoms with van der Waals surface area (Å²) in [5.41, 5.74) is 2.08. The maximum absolute atomic E-state index is 5.35. The van der Waals surface area contributed by atoms with Gasteiger partial charge in [-0.2, -0.15) is 10.2 Å². The van der Waals surface area contributed by atoms with Crippen LogP contribution in [0.3, 0.4) is 0 Å². The Morgan fingerprint density at radius 1 is 1.32 bits per heavy atom. The van der Waals surface area contributed by atoms with Crippen LogP contribution in [-0.4, -0.2) is 38.2 Å². The molecule has 19 heavy (non-hydrogen) atoms. The largest absolute Gasteiger partial charge is 0.481 e. The van der Waals surface area contributed by atoms with Crippen LogP contribution in [0.2, 0.25) is 0 Å². The Morgan fingerprint density at radius 2 is 2.11 bits per heavy atom. The third kappa shape index (κ3) is 3.11. The molecule has 1 N–H and O–H groups in total. The molecular formula is C12H20N6O. The predicted molar refractivity (Wildman–Crippen MR) is 70.9 cm³/mol. The average Bonchev–Trinajstić information content (AvgIpc) is 2.89. The molecule has 0 amide bonds. The maximum Gasteiger partial charge on any atom is 0.216 e. The molecule has 0 radical (unpaired) electrons. The van der Waals surface area contributed by atoms with E-state index in [1.807, 2.05) is 21.0 Å². The van der Waals surface area contributed by atoms with Gasteiger partial charge in [-0.15, -0.1) is 0 Å². The molecule has 0 unspecified atom stereocenters. The second-order valence-electron chi connectivity index (χ2n) is 4.46. The van der Waals surface area contributed by atoms with Gasteiger partial charge in [0.2, 0.25) is 5.88 Å². The van der Waals surface area contributed by atoms with Gasteiger partial charge < -0.3 is 10.1 Å². The van der Waals surface area contributed by atoms with E-state index in [1.54, 1.807) is 22.8 Å². The molecule has 2 rings (SSSR count). The van der Waals surface area contributed by atoms with Gasteiger partial charge in [-0.1, -0.05) is 0 Å². The van der Waals surface area contributed by atoms with Crippen molar-refractivity contribution in [2.45, 2.75) is 19.9 Å². The topological polar surface area (TPSA) is 69.8 Å². The summed E-state index contributed by atoms with van der Waals surface area (Å²) < 4.78 is 8.82. The third-order valence-corrected chi connectivity index (χ3v) is 2.96. The van der Waals surface area contributed by atoms with Crippen molar-refractivity contribution in [3.05, 3.63) is 23.4 Å². The molecule has 0 saturated heterocycles. The smallest absolute Gasteiger partial charge is 0.216 e. The first-order valence-electron chi connectivity index (χ1n) is 6.23. The quantitative estimate of drug-likeness (QED) is 0.755. The van der Waals surface area contributed by atoms with Crippen LogP contribution in [-0.2, 0) is 27.1 Å². The fourth-order valence-electron chi connectivity index (χ4n) is 2.05. The Labute approximate surface area is 112 Å². The molecule has 104 valence electrons. The number of hydrogen-bond acceptors (Lipinski definition) is 5. The highest BCUT2D eigenvalue weighted by Gasteiger charge is 2.12. The van der Waals surface area contributed by atoms with E-state index in [0.29, 0.717) is 0 Å². The van der Waals surface area contributed by atoms with Crippen molar-refractivity contribution in [3.8, 4) is 5.88 Å². The number of nitrogens with one attached hydrogen (secondary N) is 1.